The number of aromatic nitrogens is 1. The monoisotopic (exact) mass is 265 g/mol. The average molecular weight is 265 g/mol. The van der Waals surface area contributed by atoms with Gasteiger partial charge in [0.25, 0.3) is 0 Å². The van der Waals surface area contributed by atoms with Crippen LogP contribution < -0.4 is 11.1 Å². The number of rotatable bonds is 3. The molecule has 0 saturated heterocycles. The highest BCUT2D eigenvalue weighted by atomic mass is 16.1. The second-order valence-corrected chi connectivity index (χ2v) is 5.20. The van der Waals surface area contributed by atoms with Crippen molar-refractivity contribution in [2.24, 2.45) is 17.6 Å². The molecule has 1 saturated carbocycles. The summed E-state index contributed by atoms with van der Waals surface area (Å²) in [6.07, 6.45) is 7.38. The van der Waals surface area contributed by atoms with Crippen LogP contribution in [0.2, 0.25) is 0 Å². The van der Waals surface area contributed by atoms with Gasteiger partial charge in [-0.1, -0.05) is 0 Å². The number of anilines is 1. The maximum Gasteiger partial charge on any atom is 0.227 e. The van der Waals surface area contributed by atoms with Crippen molar-refractivity contribution in [1.82, 2.24) is 4.98 Å². The van der Waals surface area contributed by atoms with E-state index in [9.17, 15) is 4.79 Å². The van der Waals surface area contributed by atoms with Crippen LogP contribution in [-0.2, 0) is 4.79 Å². The van der Waals surface area contributed by atoms with Gasteiger partial charge in [-0.2, -0.15) is 0 Å². The molecule has 2 rings (SSSR count). The molecule has 1 aliphatic carbocycles. The maximum atomic E-state index is 12.1. The van der Waals surface area contributed by atoms with Gasteiger partial charge < -0.3 is 16.5 Å². The number of nitrogens with two attached hydrogens (primary N) is 1. The van der Waals surface area contributed by atoms with Gasteiger partial charge in [0.1, 0.15) is 0 Å². The molecule has 1 fully saturated rings. The summed E-state index contributed by atoms with van der Waals surface area (Å²) in [5.74, 6) is 0.840. The van der Waals surface area contributed by atoms with Crippen LogP contribution in [0.25, 0.3) is 0 Å². The number of hydrogen-bond donors (Lipinski definition) is 2. The Balaban J connectivity index is 0.00000180. The lowest BCUT2D eigenvalue weighted by Crippen LogP contribution is -2.33. The Labute approximate surface area is 113 Å². The molecule has 0 bridgehead atoms. The van der Waals surface area contributed by atoms with Crippen molar-refractivity contribution in [3.05, 3.63) is 24.5 Å². The molecule has 19 heavy (non-hydrogen) atoms. The Morgan fingerprint density at radius 3 is 2.42 bits per heavy atom. The lowest BCUT2D eigenvalue weighted by atomic mass is 9.79. The molecule has 0 aliphatic heterocycles. The highest BCUT2D eigenvalue weighted by Crippen LogP contribution is 2.30. The first-order chi connectivity index (χ1) is 8.66. The van der Waals surface area contributed by atoms with E-state index < -0.39 is 0 Å². The zero-order valence-electron chi connectivity index (χ0n) is 11.3. The van der Waals surface area contributed by atoms with Crippen molar-refractivity contribution < 1.29 is 10.3 Å². The Kier molecular flexibility index (Phi) is 5.92. The lowest BCUT2D eigenvalue weighted by molar-refractivity contribution is -0.121. The third-order valence-electron chi connectivity index (χ3n) is 3.83. The molecule has 1 aromatic rings. The molecule has 0 aromatic carbocycles. The summed E-state index contributed by atoms with van der Waals surface area (Å²) < 4.78 is 0. The molecule has 5 N–H and O–H groups in total. The number of nitrogens with zero attached hydrogens (tertiary/aromatic N) is 1. The number of nitrogens with one attached hydrogen (secondary N) is 1. The van der Waals surface area contributed by atoms with Crippen LogP contribution in [0.4, 0.5) is 5.69 Å². The van der Waals surface area contributed by atoms with Crippen LogP contribution in [0.15, 0.2) is 24.5 Å². The number of amides is 1. The fourth-order valence-corrected chi connectivity index (χ4v) is 2.59. The Hall–Kier alpha value is -1.46. The van der Waals surface area contributed by atoms with E-state index in [1.165, 1.54) is 0 Å². The van der Waals surface area contributed by atoms with Crippen molar-refractivity contribution in [3.63, 3.8) is 0 Å². The zero-order chi connectivity index (χ0) is 13.0. The van der Waals surface area contributed by atoms with Crippen molar-refractivity contribution in [2.75, 3.05) is 5.32 Å². The molecule has 0 unspecified atom stereocenters. The van der Waals surface area contributed by atoms with E-state index in [1.54, 1.807) is 12.4 Å². The Morgan fingerprint density at radius 1 is 1.32 bits per heavy atom. The molecule has 5 nitrogen and oxygen atoms in total. The minimum Gasteiger partial charge on any atom is -0.412 e. The van der Waals surface area contributed by atoms with Gasteiger partial charge in [0.05, 0.1) is 0 Å². The highest BCUT2D eigenvalue weighted by Gasteiger charge is 2.27. The quantitative estimate of drug-likeness (QED) is 0.862. The third-order valence-corrected chi connectivity index (χ3v) is 3.83. The molecule has 1 heterocycles. The van der Waals surface area contributed by atoms with Crippen LogP contribution in [0, 0.1) is 11.8 Å². The van der Waals surface area contributed by atoms with E-state index in [0.29, 0.717) is 5.92 Å². The maximum absolute atomic E-state index is 12.1. The molecule has 0 spiro atoms. The second-order valence-electron chi connectivity index (χ2n) is 5.20. The normalized spacial score (nSPS) is 24.1. The van der Waals surface area contributed by atoms with Gasteiger partial charge in [0, 0.05) is 30.0 Å². The van der Waals surface area contributed by atoms with Crippen LogP contribution in [0.5, 0.6) is 0 Å². The molecule has 1 atom stereocenters. The summed E-state index contributed by atoms with van der Waals surface area (Å²) in [5, 5.41) is 2.95. The summed E-state index contributed by atoms with van der Waals surface area (Å²) in [6.45, 7) is 2.06. The molecule has 106 valence electrons. The van der Waals surface area contributed by atoms with Crippen molar-refractivity contribution in [3.8, 4) is 0 Å². The molecular weight excluding hydrogens is 242 g/mol. The largest absolute Gasteiger partial charge is 0.412 e. The number of carbonyl (C=O) groups excluding carboxylic acids is 1. The first-order valence-corrected chi connectivity index (χ1v) is 6.63. The minimum atomic E-state index is 0. The first-order valence-electron chi connectivity index (χ1n) is 6.63. The van der Waals surface area contributed by atoms with Gasteiger partial charge in [-0.05, 0) is 50.7 Å². The van der Waals surface area contributed by atoms with E-state index in [4.69, 9.17) is 5.73 Å². The second kappa shape index (κ2) is 7.21. The summed E-state index contributed by atoms with van der Waals surface area (Å²) >= 11 is 0. The van der Waals surface area contributed by atoms with Crippen molar-refractivity contribution >= 4 is 11.6 Å². The van der Waals surface area contributed by atoms with E-state index in [-0.39, 0.29) is 23.3 Å². The predicted molar refractivity (Wildman–Crippen MR) is 75.6 cm³/mol. The Bertz CT molecular complexity index is 387. The van der Waals surface area contributed by atoms with E-state index in [2.05, 4.69) is 17.2 Å². The van der Waals surface area contributed by atoms with E-state index in [1.807, 2.05) is 12.1 Å². The van der Waals surface area contributed by atoms with Crippen LogP contribution in [-0.4, -0.2) is 22.4 Å². The van der Waals surface area contributed by atoms with Gasteiger partial charge in [0.2, 0.25) is 5.91 Å². The summed E-state index contributed by atoms with van der Waals surface area (Å²) in [7, 11) is 0. The van der Waals surface area contributed by atoms with Gasteiger partial charge in [-0.15, -0.1) is 0 Å². The third kappa shape index (κ3) is 4.29. The topological polar surface area (TPSA) is 99.5 Å². The van der Waals surface area contributed by atoms with Gasteiger partial charge >= 0.3 is 0 Å². The number of pyridine rings is 1. The minimum absolute atomic E-state index is 0. The fraction of sp³-hybridized carbons (Fsp3) is 0.571. The van der Waals surface area contributed by atoms with Gasteiger partial charge in [-0.3, -0.25) is 9.78 Å². The molecule has 1 amide bonds. The van der Waals surface area contributed by atoms with Gasteiger partial charge in [-0.25, -0.2) is 0 Å². The number of hydrogen-bond acceptors (Lipinski definition) is 3. The van der Waals surface area contributed by atoms with Crippen molar-refractivity contribution in [1.29, 1.82) is 0 Å². The van der Waals surface area contributed by atoms with E-state index >= 15 is 0 Å². The van der Waals surface area contributed by atoms with Crippen LogP contribution in [0.1, 0.15) is 32.6 Å². The highest BCUT2D eigenvalue weighted by molar-refractivity contribution is 5.92. The van der Waals surface area contributed by atoms with Crippen LogP contribution >= 0.6 is 0 Å². The molecule has 1 aromatic heterocycles. The van der Waals surface area contributed by atoms with Crippen LogP contribution in [0.3, 0.4) is 0 Å². The number of carbonyl (C=O) groups is 1. The molecular formula is C14H23N3O2. The standard InChI is InChI=1S/C14H21N3O.H2O/c1-10(15)11-2-4-12(5-3-11)14(18)17-13-6-8-16-9-7-13;/h6-12H,2-5,15H2,1H3,(H,16,17,18);1H2/t10-,11?,12?;/m1./s1. The SMILES string of the molecule is C[C@@H](N)C1CCC(C(=O)Nc2ccncc2)CC1.O. The molecule has 0 radical (unpaired) electrons. The lowest BCUT2D eigenvalue weighted by Gasteiger charge is -2.29. The molecule has 1 aliphatic rings. The van der Waals surface area contributed by atoms with E-state index in [0.717, 1.165) is 31.4 Å². The zero-order valence-corrected chi connectivity index (χ0v) is 11.3. The fourth-order valence-electron chi connectivity index (χ4n) is 2.59. The molecule has 5 heteroatoms. The van der Waals surface area contributed by atoms with Crippen molar-refractivity contribution in [2.45, 2.75) is 38.6 Å². The summed E-state index contributed by atoms with van der Waals surface area (Å²) in [4.78, 5) is 16.0. The Morgan fingerprint density at radius 2 is 1.89 bits per heavy atom. The summed E-state index contributed by atoms with van der Waals surface area (Å²) in [5.41, 5.74) is 6.73. The smallest absolute Gasteiger partial charge is 0.227 e. The van der Waals surface area contributed by atoms with Gasteiger partial charge in [0.15, 0.2) is 0 Å². The average Bonchev–Trinajstić information content (AvgIpc) is 2.40. The first kappa shape index (κ1) is 15.6. The summed E-state index contributed by atoms with van der Waals surface area (Å²) in [6, 6.07) is 3.87. The predicted octanol–water partition coefficient (Wildman–Crippen LogP) is 1.35.